The molecule has 0 radical (unpaired) electrons. The van der Waals surface area contributed by atoms with Gasteiger partial charge in [-0.05, 0) is 19.1 Å². The second-order valence-corrected chi connectivity index (χ2v) is 6.24. The molecule has 0 aliphatic carbocycles. The van der Waals surface area contributed by atoms with Gasteiger partial charge in [0.05, 0.1) is 5.41 Å². The van der Waals surface area contributed by atoms with Crippen LogP contribution in [0.3, 0.4) is 0 Å². The molecule has 2 rings (SSSR count). The molecule has 0 spiro atoms. The Balaban J connectivity index is 2.12. The number of anilines is 1. The van der Waals surface area contributed by atoms with E-state index in [1.807, 2.05) is 4.90 Å². The molecule has 1 amide bonds. The van der Waals surface area contributed by atoms with Crippen molar-refractivity contribution in [1.82, 2.24) is 4.98 Å². The summed E-state index contributed by atoms with van der Waals surface area (Å²) < 4.78 is 22.1. The third-order valence-corrected chi connectivity index (χ3v) is 3.95. The predicted octanol–water partition coefficient (Wildman–Crippen LogP) is -0.959. The van der Waals surface area contributed by atoms with Gasteiger partial charge < -0.3 is 10.6 Å². The van der Waals surface area contributed by atoms with E-state index in [9.17, 15) is 13.2 Å². The molecule has 0 aromatic carbocycles. The van der Waals surface area contributed by atoms with Crippen molar-refractivity contribution in [2.75, 3.05) is 18.0 Å². The summed E-state index contributed by atoms with van der Waals surface area (Å²) in [6.07, 6.45) is 1.20. The summed E-state index contributed by atoms with van der Waals surface area (Å²) in [5, 5.41) is 4.97. The Kier molecular flexibility index (Phi) is 2.78. The number of hydrogen-bond donors (Lipinski definition) is 2. The second-order valence-electron chi connectivity index (χ2n) is 4.68. The molecule has 1 aromatic rings. The van der Waals surface area contributed by atoms with E-state index in [1.54, 1.807) is 13.0 Å². The Morgan fingerprint density at radius 3 is 2.44 bits per heavy atom. The first-order chi connectivity index (χ1) is 8.22. The molecule has 98 valence electrons. The maximum absolute atomic E-state index is 11.1. The van der Waals surface area contributed by atoms with Crippen molar-refractivity contribution in [3.8, 4) is 0 Å². The zero-order chi connectivity index (χ0) is 13.6. The van der Waals surface area contributed by atoms with Crippen LogP contribution in [0.2, 0.25) is 0 Å². The number of carbonyl (C=O) groups excluding carboxylic acids is 1. The highest BCUT2D eigenvalue weighted by molar-refractivity contribution is 7.89. The fourth-order valence-corrected chi connectivity index (χ4v) is 2.30. The third kappa shape index (κ3) is 2.16. The zero-order valence-corrected chi connectivity index (χ0v) is 10.6. The summed E-state index contributed by atoms with van der Waals surface area (Å²) in [6.45, 7) is 2.73. The number of carbonyl (C=O) groups is 1. The molecule has 0 unspecified atom stereocenters. The van der Waals surface area contributed by atoms with Crippen molar-refractivity contribution in [3.05, 3.63) is 18.3 Å². The third-order valence-electron chi connectivity index (χ3n) is 3.05. The van der Waals surface area contributed by atoms with Gasteiger partial charge in [-0.3, -0.25) is 4.79 Å². The van der Waals surface area contributed by atoms with Crippen LogP contribution < -0.4 is 15.8 Å². The predicted molar refractivity (Wildman–Crippen MR) is 65.1 cm³/mol. The zero-order valence-electron chi connectivity index (χ0n) is 9.83. The topological polar surface area (TPSA) is 119 Å². The minimum Gasteiger partial charge on any atom is -0.369 e. The molecule has 1 aromatic heterocycles. The van der Waals surface area contributed by atoms with Crippen molar-refractivity contribution in [2.24, 2.45) is 16.3 Å². The van der Waals surface area contributed by atoms with E-state index in [0.717, 1.165) is 0 Å². The van der Waals surface area contributed by atoms with E-state index in [2.05, 4.69) is 4.98 Å². The highest BCUT2D eigenvalue weighted by Crippen LogP contribution is 2.32. The number of pyridine rings is 1. The molecule has 0 atom stereocenters. The average molecular weight is 270 g/mol. The molecule has 0 bridgehead atoms. The number of primary amides is 1. The lowest BCUT2D eigenvalue weighted by molar-refractivity contribution is -0.128. The summed E-state index contributed by atoms with van der Waals surface area (Å²) >= 11 is 0. The summed E-state index contributed by atoms with van der Waals surface area (Å²) in [5.41, 5.74) is 4.73. The van der Waals surface area contributed by atoms with Gasteiger partial charge in [-0.25, -0.2) is 18.5 Å². The lowest BCUT2D eigenvalue weighted by Gasteiger charge is -2.46. The van der Waals surface area contributed by atoms with Gasteiger partial charge in [0, 0.05) is 19.3 Å². The summed E-state index contributed by atoms with van der Waals surface area (Å²) in [4.78, 5) is 17.0. The van der Waals surface area contributed by atoms with Crippen LogP contribution in [0.4, 0.5) is 5.82 Å². The number of aromatic nitrogens is 1. The van der Waals surface area contributed by atoms with Gasteiger partial charge in [0.1, 0.15) is 10.7 Å². The van der Waals surface area contributed by atoms with Crippen molar-refractivity contribution in [2.45, 2.75) is 11.8 Å². The van der Waals surface area contributed by atoms with Gasteiger partial charge in [-0.2, -0.15) is 0 Å². The van der Waals surface area contributed by atoms with Crippen LogP contribution in [0.1, 0.15) is 6.92 Å². The first kappa shape index (κ1) is 12.8. The fraction of sp³-hybridized carbons (Fsp3) is 0.400. The van der Waals surface area contributed by atoms with E-state index in [4.69, 9.17) is 10.9 Å². The Hall–Kier alpha value is -1.67. The number of primary sulfonamides is 1. The maximum Gasteiger partial charge on any atom is 0.239 e. The minimum atomic E-state index is -3.73. The summed E-state index contributed by atoms with van der Waals surface area (Å²) in [7, 11) is -3.73. The number of hydrogen-bond acceptors (Lipinski definition) is 5. The van der Waals surface area contributed by atoms with Gasteiger partial charge in [0.2, 0.25) is 15.9 Å². The molecule has 1 aliphatic heterocycles. The molecule has 18 heavy (non-hydrogen) atoms. The second kappa shape index (κ2) is 3.92. The van der Waals surface area contributed by atoms with Crippen molar-refractivity contribution < 1.29 is 13.2 Å². The standard InChI is InChI=1S/C10H14N4O3S/c1-10(9(11)15)5-14(6-10)8-3-2-7(4-13-8)18(12,16)17/h2-4H,5-6H2,1H3,(H2,11,15)(H2,12,16,17). The Morgan fingerprint density at radius 2 is 2.06 bits per heavy atom. The van der Waals surface area contributed by atoms with Crippen LogP contribution in [0, 0.1) is 5.41 Å². The lowest BCUT2D eigenvalue weighted by atomic mass is 9.81. The number of nitrogens with two attached hydrogens (primary N) is 2. The first-order valence-electron chi connectivity index (χ1n) is 5.26. The molecule has 1 aliphatic rings. The van der Waals surface area contributed by atoms with Crippen LogP contribution in [0.25, 0.3) is 0 Å². The van der Waals surface area contributed by atoms with Gasteiger partial charge >= 0.3 is 0 Å². The van der Waals surface area contributed by atoms with Crippen molar-refractivity contribution in [1.29, 1.82) is 0 Å². The average Bonchev–Trinajstić information content (AvgIpc) is 2.23. The first-order valence-corrected chi connectivity index (χ1v) is 6.81. The Labute approximate surface area is 105 Å². The van der Waals surface area contributed by atoms with Crippen LogP contribution in [-0.4, -0.2) is 32.4 Å². The largest absolute Gasteiger partial charge is 0.369 e. The van der Waals surface area contributed by atoms with Gasteiger partial charge in [0.25, 0.3) is 0 Å². The molecule has 1 fully saturated rings. The quantitative estimate of drug-likeness (QED) is 0.733. The summed E-state index contributed by atoms with van der Waals surface area (Å²) in [6, 6.07) is 2.94. The van der Waals surface area contributed by atoms with E-state index in [-0.39, 0.29) is 10.8 Å². The van der Waals surface area contributed by atoms with E-state index in [0.29, 0.717) is 18.9 Å². The van der Waals surface area contributed by atoms with Gasteiger partial charge in [0.15, 0.2) is 0 Å². The van der Waals surface area contributed by atoms with Gasteiger partial charge in [-0.15, -0.1) is 0 Å². The number of sulfonamides is 1. The molecule has 1 saturated heterocycles. The molecule has 4 N–H and O–H groups in total. The highest BCUT2D eigenvalue weighted by Gasteiger charge is 2.44. The maximum atomic E-state index is 11.1. The van der Waals surface area contributed by atoms with Crippen molar-refractivity contribution in [3.63, 3.8) is 0 Å². The minimum absolute atomic E-state index is 0.0376. The van der Waals surface area contributed by atoms with Crippen LogP contribution >= 0.6 is 0 Å². The Bertz CT molecular complexity index is 576. The molecule has 7 nitrogen and oxygen atoms in total. The molecule has 8 heteroatoms. The number of rotatable bonds is 3. The monoisotopic (exact) mass is 270 g/mol. The number of amides is 1. The lowest BCUT2D eigenvalue weighted by Crippen LogP contribution is -2.61. The normalized spacial score (nSPS) is 18.2. The van der Waals surface area contributed by atoms with E-state index >= 15 is 0 Å². The Morgan fingerprint density at radius 1 is 1.44 bits per heavy atom. The molecule has 2 heterocycles. The van der Waals surface area contributed by atoms with Crippen LogP contribution in [0.5, 0.6) is 0 Å². The molecular weight excluding hydrogens is 256 g/mol. The summed E-state index contributed by atoms with van der Waals surface area (Å²) in [5.74, 6) is 0.251. The van der Waals surface area contributed by atoms with Crippen molar-refractivity contribution >= 4 is 21.7 Å². The van der Waals surface area contributed by atoms with Crippen LogP contribution in [-0.2, 0) is 14.8 Å². The fourth-order valence-electron chi connectivity index (χ4n) is 1.84. The molecule has 0 saturated carbocycles. The van der Waals surface area contributed by atoms with Gasteiger partial charge in [-0.1, -0.05) is 0 Å². The van der Waals surface area contributed by atoms with E-state index < -0.39 is 15.4 Å². The number of nitrogens with zero attached hydrogens (tertiary/aromatic N) is 2. The molecular formula is C10H14N4O3S. The van der Waals surface area contributed by atoms with E-state index in [1.165, 1.54) is 12.3 Å². The SMILES string of the molecule is CC1(C(N)=O)CN(c2ccc(S(N)(=O)=O)cn2)C1. The smallest absolute Gasteiger partial charge is 0.239 e. The van der Waals surface area contributed by atoms with Crippen LogP contribution in [0.15, 0.2) is 23.2 Å². The highest BCUT2D eigenvalue weighted by atomic mass is 32.2.